The molecule has 0 aliphatic rings. The molecule has 0 saturated heterocycles. The van der Waals surface area contributed by atoms with Gasteiger partial charge in [-0.25, -0.2) is 0 Å². The van der Waals surface area contributed by atoms with Gasteiger partial charge >= 0.3 is 32.7 Å². The first-order valence-corrected chi connectivity index (χ1v) is 2.38. The third-order valence-electron chi connectivity index (χ3n) is 0.224. The van der Waals surface area contributed by atoms with Crippen molar-refractivity contribution in [2.75, 3.05) is 0 Å². The molecule has 13 heteroatoms. The molecule has 0 atom stereocenters. The minimum absolute atomic E-state index is 0. The molecule has 12 nitrogen and oxygen atoms in total. The van der Waals surface area contributed by atoms with Crippen molar-refractivity contribution in [3.8, 4) is 0 Å². The number of carbonyl (C=O) groups excluding carboxylic acids is 3. The van der Waals surface area contributed by atoms with Crippen molar-refractivity contribution in [2.24, 2.45) is 0 Å². The van der Waals surface area contributed by atoms with Gasteiger partial charge in [0.15, 0.2) is 0 Å². The molecular weight excluding hydrogens is 317 g/mol. The largest absolute Gasteiger partial charge is 3.00 e. The molecule has 0 heterocycles. The Kier molecular flexibility index (Phi) is 29.3. The van der Waals surface area contributed by atoms with E-state index in [4.69, 9.17) is 45.5 Å². The van der Waals surface area contributed by atoms with E-state index in [0.717, 1.165) is 0 Å². The summed E-state index contributed by atoms with van der Waals surface area (Å²) in [6.45, 7) is 0. The standard InChI is InChI=1S/3CH2O4.Y/c3*2-1(3)5-4;/h3*4H,(H,2,3);/q;;;+3/p-3. The predicted molar refractivity (Wildman–Crippen MR) is 27.3 cm³/mol. The second-order valence-corrected chi connectivity index (χ2v) is 1.02. The van der Waals surface area contributed by atoms with Gasteiger partial charge in [0.25, 0.3) is 18.5 Å². The Bertz CT molecular complexity index is 155. The van der Waals surface area contributed by atoms with Crippen LogP contribution < -0.4 is 15.3 Å². The topological polar surface area (TPSA) is 209 Å². The Morgan fingerprint density at radius 2 is 0.750 bits per heavy atom. The zero-order valence-electron chi connectivity index (χ0n) is 7.09. The summed E-state index contributed by atoms with van der Waals surface area (Å²) in [6, 6.07) is 0. The van der Waals surface area contributed by atoms with E-state index in [2.05, 4.69) is 14.7 Å². The van der Waals surface area contributed by atoms with Crippen LogP contribution in [-0.2, 0) is 47.4 Å². The molecule has 0 aromatic heterocycles. The number of hydrogen-bond acceptors (Lipinski definition) is 12. The van der Waals surface area contributed by atoms with Crippen molar-refractivity contribution in [3.05, 3.63) is 0 Å². The van der Waals surface area contributed by atoms with E-state index in [9.17, 15) is 0 Å². The third kappa shape index (κ3) is 77.4. The van der Waals surface area contributed by atoms with Gasteiger partial charge in [-0.2, -0.15) is 0 Å². The van der Waals surface area contributed by atoms with Gasteiger partial charge in [0, 0.05) is 0 Å². The van der Waals surface area contributed by atoms with Crippen molar-refractivity contribution >= 4 is 18.5 Å². The second kappa shape index (κ2) is 19.4. The van der Waals surface area contributed by atoms with Crippen LogP contribution in [0.15, 0.2) is 0 Å². The Morgan fingerprint density at radius 3 is 0.750 bits per heavy atom. The molecule has 0 rings (SSSR count). The van der Waals surface area contributed by atoms with Crippen molar-refractivity contribution in [1.29, 1.82) is 0 Å². The van der Waals surface area contributed by atoms with E-state index in [1.54, 1.807) is 0 Å². The van der Waals surface area contributed by atoms with Crippen molar-refractivity contribution in [1.82, 2.24) is 0 Å². The molecular formula is C3H3O12Y. The van der Waals surface area contributed by atoms with Gasteiger partial charge < -0.3 is 44.4 Å². The first-order chi connectivity index (χ1) is 6.81. The molecule has 3 N–H and O–H groups in total. The summed E-state index contributed by atoms with van der Waals surface area (Å²) in [7, 11) is 0. The average Bonchev–Trinajstić information content (AvgIpc) is 2.19. The van der Waals surface area contributed by atoms with Gasteiger partial charge in [-0.1, -0.05) is 0 Å². The second-order valence-electron chi connectivity index (χ2n) is 1.02. The van der Waals surface area contributed by atoms with Gasteiger partial charge in [-0.15, -0.1) is 0 Å². The minimum atomic E-state index is -1.94. The maximum Gasteiger partial charge on any atom is 3.00 e. The number of rotatable bonds is 0. The van der Waals surface area contributed by atoms with Crippen LogP contribution in [0.25, 0.3) is 0 Å². The number of carboxylic acid groups (broad SMARTS) is 3. The van der Waals surface area contributed by atoms with Crippen molar-refractivity contribution < 1.29 is 92.8 Å². The molecule has 16 heavy (non-hydrogen) atoms. The smallest absolute Gasteiger partial charge is 0.424 e. The molecule has 0 aromatic carbocycles. The van der Waals surface area contributed by atoms with Crippen LogP contribution >= 0.6 is 0 Å². The zero-order chi connectivity index (χ0) is 12.9. The summed E-state index contributed by atoms with van der Waals surface area (Å²) in [5.74, 6) is 0. The van der Waals surface area contributed by atoms with Crippen molar-refractivity contribution in [2.45, 2.75) is 0 Å². The average molecular weight is 320 g/mol. The monoisotopic (exact) mass is 320 g/mol. The summed E-state index contributed by atoms with van der Waals surface area (Å²) in [5.41, 5.74) is 0. The van der Waals surface area contributed by atoms with E-state index in [1.165, 1.54) is 0 Å². The van der Waals surface area contributed by atoms with Gasteiger partial charge in [0.1, 0.15) is 0 Å². The quantitative estimate of drug-likeness (QED) is 0.225. The molecule has 0 aliphatic carbocycles. The third-order valence-corrected chi connectivity index (χ3v) is 0.224. The normalized spacial score (nSPS) is 6.19. The molecule has 0 spiro atoms. The van der Waals surface area contributed by atoms with E-state index in [1.807, 2.05) is 0 Å². The molecule has 0 unspecified atom stereocenters. The Balaban J connectivity index is -0.0000000655. The Morgan fingerprint density at radius 1 is 0.688 bits per heavy atom. The number of hydrogen-bond donors (Lipinski definition) is 3. The Hall–Kier alpha value is -1.21. The molecule has 0 fully saturated rings. The minimum Gasteiger partial charge on any atom is -0.424 e. The summed E-state index contributed by atoms with van der Waals surface area (Å²) < 4.78 is 0. The Labute approximate surface area is 111 Å². The van der Waals surface area contributed by atoms with Gasteiger partial charge in [0.2, 0.25) is 0 Å². The molecule has 90 valence electrons. The van der Waals surface area contributed by atoms with Crippen LogP contribution in [0, 0.1) is 0 Å². The van der Waals surface area contributed by atoms with Crippen LogP contribution in [0.2, 0.25) is 0 Å². The van der Waals surface area contributed by atoms with Crippen LogP contribution in [0.3, 0.4) is 0 Å². The molecule has 0 aromatic rings. The first-order valence-electron chi connectivity index (χ1n) is 2.38. The summed E-state index contributed by atoms with van der Waals surface area (Å²) in [4.78, 5) is 34.0. The van der Waals surface area contributed by atoms with Crippen LogP contribution in [0.5, 0.6) is 0 Å². The van der Waals surface area contributed by atoms with Gasteiger partial charge in [-0.05, 0) is 0 Å². The summed E-state index contributed by atoms with van der Waals surface area (Å²) in [5, 5.41) is 47.3. The van der Waals surface area contributed by atoms with Crippen molar-refractivity contribution in [3.63, 3.8) is 0 Å². The van der Waals surface area contributed by atoms with E-state index in [0.29, 0.717) is 0 Å². The fourth-order valence-corrected chi connectivity index (χ4v) is 0. The molecule has 0 saturated carbocycles. The summed E-state index contributed by atoms with van der Waals surface area (Å²) >= 11 is 0. The van der Waals surface area contributed by atoms with Crippen LogP contribution in [0.1, 0.15) is 0 Å². The van der Waals surface area contributed by atoms with Crippen LogP contribution in [0.4, 0.5) is 14.4 Å². The molecule has 0 aliphatic heterocycles. The maximum absolute atomic E-state index is 8.78. The molecule has 0 bridgehead atoms. The van der Waals surface area contributed by atoms with Crippen LogP contribution in [-0.4, -0.2) is 34.2 Å². The molecule has 0 amide bonds. The van der Waals surface area contributed by atoms with Gasteiger partial charge in [-0.3, -0.25) is 15.8 Å². The fourth-order valence-electron chi connectivity index (χ4n) is 0. The zero-order valence-corrected chi connectivity index (χ0v) is 9.93. The maximum atomic E-state index is 8.78. The SMILES string of the molecule is O=C([O-])OO.O=C([O-])OO.O=C([O-])OO.[Y+3]. The van der Waals surface area contributed by atoms with E-state index < -0.39 is 18.5 Å². The first kappa shape index (κ1) is 24.2. The molecule has 0 radical (unpaired) electrons. The summed E-state index contributed by atoms with van der Waals surface area (Å²) in [6.07, 6.45) is -5.82. The van der Waals surface area contributed by atoms with E-state index >= 15 is 0 Å². The van der Waals surface area contributed by atoms with Gasteiger partial charge in [0.05, 0.1) is 0 Å². The number of carbonyl (C=O) groups is 3. The van der Waals surface area contributed by atoms with E-state index in [-0.39, 0.29) is 32.7 Å². The predicted octanol–water partition coefficient (Wildman–Crippen LogP) is -3.54. The fraction of sp³-hybridized carbons (Fsp3) is 0.